The second-order valence-electron chi connectivity index (χ2n) is 12.0. The van der Waals surface area contributed by atoms with E-state index in [9.17, 15) is 15.0 Å². The van der Waals surface area contributed by atoms with Gasteiger partial charge >= 0.3 is 5.97 Å². The number of aliphatic carboxylic acids is 1. The summed E-state index contributed by atoms with van der Waals surface area (Å²) in [5.74, 6) is 2.58. The number of fused-ring (bicyclic) bond motifs is 5. The molecule has 0 aliphatic heterocycles. The van der Waals surface area contributed by atoms with Crippen molar-refractivity contribution in [2.24, 2.45) is 52.3 Å². The fourth-order valence-electron chi connectivity index (χ4n) is 9.48. The molecule has 0 spiro atoms. The van der Waals surface area contributed by atoms with Crippen molar-refractivity contribution in [2.75, 3.05) is 0 Å². The highest BCUT2D eigenvalue weighted by Crippen LogP contribution is 2.69. The Hall–Kier alpha value is -0.610. The first-order chi connectivity index (χ1) is 14.1. The lowest BCUT2D eigenvalue weighted by Crippen LogP contribution is -2.62. The Morgan fingerprint density at radius 2 is 1.67 bits per heavy atom. The van der Waals surface area contributed by atoms with E-state index in [0.29, 0.717) is 41.4 Å². The highest BCUT2D eigenvalue weighted by atomic mass is 16.4. The molecule has 4 aliphatic carbocycles. The van der Waals surface area contributed by atoms with Gasteiger partial charge in [0.15, 0.2) is 0 Å². The molecule has 0 aromatic heterocycles. The zero-order chi connectivity index (χ0) is 21.8. The molecule has 0 aromatic rings. The molecule has 0 bridgehead atoms. The molecule has 4 saturated carbocycles. The van der Waals surface area contributed by atoms with Gasteiger partial charge in [-0.05, 0) is 104 Å². The summed E-state index contributed by atoms with van der Waals surface area (Å²) >= 11 is 0. The maximum atomic E-state index is 11.7. The van der Waals surface area contributed by atoms with Crippen molar-refractivity contribution in [1.29, 1.82) is 0 Å². The van der Waals surface area contributed by atoms with Crippen molar-refractivity contribution in [3.05, 3.63) is 0 Å². The molecule has 4 fully saturated rings. The van der Waals surface area contributed by atoms with Gasteiger partial charge in [0, 0.05) is 6.42 Å². The van der Waals surface area contributed by atoms with Crippen molar-refractivity contribution >= 4 is 5.97 Å². The van der Waals surface area contributed by atoms with Crippen molar-refractivity contribution < 1.29 is 20.1 Å². The molecule has 11 atom stereocenters. The molecule has 4 heteroatoms. The van der Waals surface area contributed by atoms with Gasteiger partial charge in [-0.3, -0.25) is 4.79 Å². The Morgan fingerprint density at radius 3 is 2.33 bits per heavy atom. The van der Waals surface area contributed by atoms with Gasteiger partial charge in [-0.15, -0.1) is 0 Å². The Balaban J connectivity index is 1.61. The minimum absolute atomic E-state index is 0.194. The molecule has 0 amide bonds. The fraction of sp³-hybridized carbons (Fsp3) is 0.962. The van der Waals surface area contributed by atoms with E-state index in [2.05, 4.69) is 27.7 Å². The molecule has 30 heavy (non-hydrogen) atoms. The van der Waals surface area contributed by atoms with E-state index >= 15 is 0 Å². The third kappa shape index (κ3) is 3.36. The molecule has 0 heterocycles. The van der Waals surface area contributed by atoms with Crippen LogP contribution in [-0.4, -0.2) is 33.5 Å². The van der Waals surface area contributed by atoms with E-state index in [-0.39, 0.29) is 29.5 Å². The van der Waals surface area contributed by atoms with Crippen molar-refractivity contribution in [2.45, 2.75) is 104 Å². The third-order valence-electron chi connectivity index (χ3n) is 11.0. The van der Waals surface area contributed by atoms with Gasteiger partial charge in [0.1, 0.15) is 0 Å². The summed E-state index contributed by atoms with van der Waals surface area (Å²) in [4.78, 5) is 11.1. The third-order valence-corrected chi connectivity index (χ3v) is 11.0. The van der Waals surface area contributed by atoms with E-state index in [1.165, 1.54) is 25.7 Å². The van der Waals surface area contributed by atoms with Crippen LogP contribution in [-0.2, 0) is 4.79 Å². The zero-order valence-corrected chi connectivity index (χ0v) is 19.5. The van der Waals surface area contributed by atoms with Crippen LogP contribution in [0.1, 0.15) is 91.9 Å². The van der Waals surface area contributed by atoms with Crippen molar-refractivity contribution in [3.63, 3.8) is 0 Å². The first kappa shape index (κ1) is 22.6. The summed E-state index contributed by atoms with van der Waals surface area (Å²) in [5, 5.41) is 31.3. The average Bonchev–Trinajstić information content (AvgIpc) is 3.05. The van der Waals surface area contributed by atoms with Crippen LogP contribution < -0.4 is 0 Å². The molecule has 0 radical (unpaired) electrons. The van der Waals surface area contributed by atoms with E-state index < -0.39 is 5.97 Å². The van der Waals surface area contributed by atoms with Gasteiger partial charge in [-0.2, -0.15) is 0 Å². The number of rotatable bonds is 5. The van der Waals surface area contributed by atoms with E-state index in [0.717, 1.165) is 32.1 Å². The summed E-state index contributed by atoms with van der Waals surface area (Å²) in [7, 11) is 0. The Labute approximate surface area is 182 Å². The predicted molar refractivity (Wildman–Crippen MR) is 118 cm³/mol. The van der Waals surface area contributed by atoms with Gasteiger partial charge in [-0.1, -0.05) is 34.1 Å². The number of carboxylic acids is 1. The van der Waals surface area contributed by atoms with Gasteiger partial charge in [-0.25, -0.2) is 0 Å². The SMILES string of the molecule is CC[C@H]1[C@@H](O)[C@H]2[C@@H](CC[C@]3(C)[C@@H]([C@H](C)CCC(=O)O)CC[C@@H]23)[C@@]2(C)CC[C@@H](O)C[C@@H]12. The van der Waals surface area contributed by atoms with Gasteiger partial charge in [0.05, 0.1) is 12.2 Å². The topological polar surface area (TPSA) is 77.8 Å². The Kier molecular flexibility index (Phi) is 6.07. The molecule has 4 rings (SSSR count). The maximum absolute atomic E-state index is 11.7. The molecule has 4 nitrogen and oxygen atoms in total. The standard InChI is InChI=1S/C26H44O4/c1-5-17-21-14-16(27)10-12-26(21,4)20-11-13-25(3)18(15(2)6-9-22(28)29)7-8-19(25)23(20)24(17)30/h15-21,23-24,27,30H,5-14H2,1-4H3,(H,28,29)/t15-,16-,17-,18-,19+,20-,21+,23-,24-,25-,26-/m1/s1. The smallest absolute Gasteiger partial charge is 0.303 e. The predicted octanol–water partition coefficient (Wildman–Crippen LogP) is 5.11. The van der Waals surface area contributed by atoms with Gasteiger partial charge in [0.2, 0.25) is 0 Å². The second kappa shape index (κ2) is 8.06. The lowest BCUT2D eigenvalue weighted by Gasteiger charge is -2.64. The van der Waals surface area contributed by atoms with Crippen LogP contribution in [0.25, 0.3) is 0 Å². The summed E-state index contributed by atoms with van der Waals surface area (Å²) in [6, 6.07) is 0. The maximum Gasteiger partial charge on any atom is 0.303 e. The lowest BCUT2D eigenvalue weighted by atomic mass is 9.41. The van der Waals surface area contributed by atoms with Gasteiger partial charge in [0.25, 0.3) is 0 Å². The Morgan fingerprint density at radius 1 is 1.00 bits per heavy atom. The van der Waals surface area contributed by atoms with Crippen LogP contribution in [0.5, 0.6) is 0 Å². The number of carboxylic acid groups (broad SMARTS) is 1. The minimum atomic E-state index is -0.683. The monoisotopic (exact) mass is 420 g/mol. The second-order valence-corrected chi connectivity index (χ2v) is 12.0. The molecule has 0 unspecified atom stereocenters. The Bertz CT molecular complexity index is 649. The molecule has 0 saturated heterocycles. The molecular weight excluding hydrogens is 376 g/mol. The van der Waals surface area contributed by atoms with E-state index in [1.54, 1.807) is 0 Å². The lowest BCUT2D eigenvalue weighted by molar-refractivity contribution is -0.203. The van der Waals surface area contributed by atoms with Crippen LogP contribution in [0.4, 0.5) is 0 Å². The van der Waals surface area contributed by atoms with Crippen LogP contribution in [0.2, 0.25) is 0 Å². The first-order valence-corrected chi connectivity index (χ1v) is 12.7. The van der Waals surface area contributed by atoms with Crippen LogP contribution >= 0.6 is 0 Å². The normalized spacial score (nSPS) is 51.5. The average molecular weight is 421 g/mol. The molecule has 4 aliphatic rings. The summed E-state index contributed by atoms with van der Waals surface area (Å²) < 4.78 is 0. The van der Waals surface area contributed by atoms with E-state index in [1.807, 2.05) is 0 Å². The van der Waals surface area contributed by atoms with Crippen LogP contribution in [0.15, 0.2) is 0 Å². The first-order valence-electron chi connectivity index (χ1n) is 12.7. The largest absolute Gasteiger partial charge is 0.481 e. The van der Waals surface area contributed by atoms with Gasteiger partial charge < -0.3 is 15.3 Å². The number of hydrogen-bond donors (Lipinski definition) is 3. The zero-order valence-electron chi connectivity index (χ0n) is 19.5. The molecular formula is C26H44O4. The summed E-state index contributed by atoms with van der Waals surface area (Å²) in [6.45, 7) is 9.44. The summed E-state index contributed by atoms with van der Waals surface area (Å²) in [6.07, 6.45) is 9.27. The van der Waals surface area contributed by atoms with Crippen LogP contribution in [0.3, 0.4) is 0 Å². The highest BCUT2D eigenvalue weighted by Gasteiger charge is 2.64. The number of aliphatic hydroxyl groups excluding tert-OH is 2. The van der Waals surface area contributed by atoms with Crippen LogP contribution in [0, 0.1) is 52.3 Å². The minimum Gasteiger partial charge on any atom is -0.481 e. The van der Waals surface area contributed by atoms with Crippen molar-refractivity contribution in [1.82, 2.24) is 0 Å². The number of aliphatic hydroxyl groups is 2. The summed E-state index contributed by atoms with van der Waals surface area (Å²) in [5.41, 5.74) is 0.480. The fourth-order valence-corrected chi connectivity index (χ4v) is 9.48. The molecule has 172 valence electrons. The molecule has 0 aromatic carbocycles. The number of hydrogen-bond acceptors (Lipinski definition) is 3. The highest BCUT2D eigenvalue weighted by molar-refractivity contribution is 5.66. The quantitative estimate of drug-likeness (QED) is 0.577. The number of carbonyl (C=O) groups is 1. The van der Waals surface area contributed by atoms with Crippen molar-refractivity contribution in [3.8, 4) is 0 Å². The van der Waals surface area contributed by atoms with E-state index in [4.69, 9.17) is 5.11 Å². The molecule has 3 N–H and O–H groups in total.